The molecule has 0 radical (unpaired) electrons. The number of nitrogens with zero attached hydrogens (tertiary/aromatic N) is 2. The molecule has 0 bridgehead atoms. The van der Waals surface area contributed by atoms with Gasteiger partial charge in [0.2, 0.25) is 0 Å². The molecule has 0 saturated carbocycles. The van der Waals surface area contributed by atoms with Gasteiger partial charge in [0.1, 0.15) is 11.0 Å². The Balaban J connectivity index is 1.95. The molecule has 0 amide bonds. The molecule has 16 heavy (non-hydrogen) atoms. The van der Waals surface area contributed by atoms with Crippen molar-refractivity contribution in [1.82, 2.24) is 14.9 Å². The van der Waals surface area contributed by atoms with Crippen LogP contribution in [0, 0.1) is 0 Å². The van der Waals surface area contributed by atoms with Crippen molar-refractivity contribution >= 4 is 21.4 Å². The third kappa shape index (κ3) is 2.45. The lowest BCUT2D eigenvalue weighted by Crippen LogP contribution is -2.30. The van der Waals surface area contributed by atoms with Crippen LogP contribution in [-0.4, -0.2) is 29.8 Å². The van der Waals surface area contributed by atoms with E-state index in [0.29, 0.717) is 11.7 Å². The van der Waals surface area contributed by atoms with Gasteiger partial charge >= 0.3 is 0 Å². The van der Waals surface area contributed by atoms with E-state index in [2.05, 4.69) is 10.3 Å². The number of halogens is 1. The van der Waals surface area contributed by atoms with Crippen molar-refractivity contribution in [2.24, 2.45) is 7.05 Å². The molecule has 0 spiro atoms. The highest BCUT2D eigenvalue weighted by molar-refractivity contribution is 7.94. The molecule has 88 valence electrons. The van der Waals surface area contributed by atoms with Crippen LogP contribution in [0.5, 0.6) is 0 Å². The van der Waals surface area contributed by atoms with Gasteiger partial charge in [-0.2, -0.15) is 0 Å². The fraction of sp³-hybridized carbons (Fsp3) is 0.444. The van der Waals surface area contributed by atoms with Crippen LogP contribution in [0.15, 0.2) is 17.7 Å². The SMILES string of the molecule is Cn1c(Cl)cnc1CNC1C=CS(=O)(=O)C1. The number of sulfone groups is 1. The first kappa shape index (κ1) is 11.6. The first-order valence-corrected chi connectivity index (χ1v) is 6.88. The van der Waals surface area contributed by atoms with E-state index < -0.39 is 9.84 Å². The lowest BCUT2D eigenvalue weighted by atomic mass is 10.3. The van der Waals surface area contributed by atoms with Crippen LogP contribution in [0.4, 0.5) is 0 Å². The van der Waals surface area contributed by atoms with Crippen LogP contribution in [0.25, 0.3) is 0 Å². The average molecular weight is 262 g/mol. The maximum absolute atomic E-state index is 11.2. The van der Waals surface area contributed by atoms with Crippen LogP contribution in [0.2, 0.25) is 5.15 Å². The van der Waals surface area contributed by atoms with E-state index in [4.69, 9.17) is 11.6 Å². The fourth-order valence-corrected chi connectivity index (χ4v) is 2.93. The smallest absolute Gasteiger partial charge is 0.173 e. The van der Waals surface area contributed by atoms with Gasteiger partial charge in [-0.3, -0.25) is 0 Å². The molecule has 5 nitrogen and oxygen atoms in total. The van der Waals surface area contributed by atoms with Crippen molar-refractivity contribution in [3.05, 3.63) is 28.7 Å². The van der Waals surface area contributed by atoms with Gasteiger partial charge in [-0.05, 0) is 0 Å². The number of aromatic nitrogens is 2. The van der Waals surface area contributed by atoms with Crippen LogP contribution in [0.1, 0.15) is 5.82 Å². The Morgan fingerprint density at radius 1 is 1.69 bits per heavy atom. The second kappa shape index (κ2) is 4.20. The molecule has 1 aromatic heterocycles. The summed E-state index contributed by atoms with van der Waals surface area (Å²) in [5.74, 6) is 0.897. The van der Waals surface area contributed by atoms with Gasteiger partial charge in [0.05, 0.1) is 18.5 Å². The zero-order valence-corrected chi connectivity index (χ0v) is 10.3. The van der Waals surface area contributed by atoms with Crippen molar-refractivity contribution in [3.8, 4) is 0 Å². The van der Waals surface area contributed by atoms with Crippen LogP contribution in [-0.2, 0) is 23.4 Å². The monoisotopic (exact) mass is 261 g/mol. The summed E-state index contributed by atoms with van der Waals surface area (Å²) in [7, 11) is -1.19. The minimum absolute atomic E-state index is 0.116. The highest BCUT2D eigenvalue weighted by atomic mass is 35.5. The van der Waals surface area contributed by atoms with E-state index in [1.165, 1.54) is 5.41 Å². The molecule has 2 rings (SSSR count). The lowest BCUT2D eigenvalue weighted by Gasteiger charge is -2.09. The minimum atomic E-state index is -3.00. The van der Waals surface area contributed by atoms with E-state index in [9.17, 15) is 8.42 Å². The molecule has 1 N–H and O–H groups in total. The molecule has 0 fully saturated rings. The van der Waals surface area contributed by atoms with Crippen molar-refractivity contribution < 1.29 is 8.42 Å². The summed E-state index contributed by atoms with van der Waals surface area (Å²) in [5, 5.41) is 4.91. The van der Waals surface area contributed by atoms with E-state index in [-0.39, 0.29) is 11.8 Å². The van der Waals surface area contributed by atoms with Gasteiger partial charge in [-0.1, -0.05) is 17.7 Å². The van der Waals surface area contributed by atoms with Crippen molar-refractivity contribution in [1.29, 1.82) is 0 Å². The molecule has 2 heterocycles. The quantitative estimate of drug-likeness (QED) is 0.859. The van der Waals surface area contributed by atoms with Crippen molar-refractivity contribution in [2.75, 3.05) is 5.75 Å². The largest absolute Gasteiger partial charge is 0.321 e. The number of rotatable bonds is 3. The number of imidazole rings is 1. The van der Waals surface area contributed by atoms with Crippen molar-refractivity contribution in [2.45, 2.75) is 12.6 Å². The highest BCUT2D eigenvalue weighted by Crippen LogP contribution is 2.11. The Morgan fingerprint density at radius 2 is 2.44 bits per heavy atom. The summed E-state index contributed by atoms with van der Waals surface area (Å²) < 4.78 is 24.1. The molecule has 0 saturated heterocycles. The predicted molar refractivity (Wildman–Crippen MR) is 61.8 cm³/mol. The maximum atomic E-state index is 11.2. The first-order valence-electron chi connectivity index (χ1n) is 4.78. The van der Waals surface area contributed by atoms with Gasteiger partial charge in [-0.15, -0.1) is 0 Å². The summed E-state index contributed by atoms with van der Waals surface area (Å²) in [6.45, 7) is 0.494. The molecular formula is C9H12ClN3O2S. The summed E-state index contributed by atoms with van der Waals surface area (Å²) in [6, 6.07) is -0.138. The Bertz CT molecular complexity index is 521. The Labute approximate surface area is 99.0 Å². The van der Waals surface area contributed by atoms with Gasteiger partial charge in [0, 0.05) is 18.5 Å². The summed E-state index contributed by atoms with van der Waals surface area (Å²) in [6.07, 6.45) is 3.22. The Morgan fingerprint density at radius 3 is 2.94 bits per heavy atom. The van der Waals surface area contributed by atoms with E-state index in [1.807, 2.05) is 7.05 Å². The van der Waals surface area contributed by atoms with E-state index in [0.717, 1.165) is 5.82 Å². The number of hydrogen-bond donors (Lipinski definition) is 1. The van der Waals surface area contributed by atoms with Gasteiger partial charge in [0.25, 0.3) is 0 Å². The zero-order chi connectivity index (χ0) is 11.8. The minimum Gasteiger partial charge on any atom is -0.321 e. The van der Waals surface area contributed by atoms with Crippen LogP contribution in [0.3, 0.4) is 0 Å². The average Bonchev–Trinajstić information content (AvgIpc) is 2.70. The molecule has 1 unspecified atom stereocenters. The van der Waals surface area contributed by atoms with Crippen LogP contribution >= 0.6 is 11.6 Å². The normalized spacial score (nSPS) is 22.8. The van der Waals surface area contributed by atoms with Crippen molar-refractivity contribution in [3.63, 3.8) is 0 Å². The summed E-state index contributed by atoms with van der Waals surface area (Å²) in [4.78, 5) is 4.11. The fourth-order valence-electron chi connectivity index (χ4n) is 1.51. The van der Waals surface area contributed by atoms with E-state index in [1.54, 1.807) is 16.8 Å². The van der Waals surface area contributed by atoms with Gasteiger partial charge < -0.3 is 9.88 Å². The number of hydrogen-bond acceptors (Lipinski definition) is 4. The number of nitrogens with one attached hydrogen (secondary N) is 1. The predicted octanol–water partition coefficient (Wildman–Crippen LogP) is 0.474. The lowest BCUT2D eigenvalue weighted by molar-refractivity contribution is 0.579. The molecule has 0 aromatic carbocycles. The summed E-state index contributed by atoms with van der Waals surface area (Å²) >= 11 is 5.83. The molecular weight excluding hydrogens is 250 g/mol. The zero-order valence-electron chi connectivity index (χ0n) is 8.72. The standard InChI is InChI=1S/C9H12ClN3O2S/c1-13-8(10)4-12-9(13)5-11-7-2-3-16(14,15)6-7/h2-4,7,11H,5-6H2,1H3. The third-order valence-electron chi connectivity index (χ3n) is 2.48. The molecule has 1 atom stereocenters. The van der Waals surface area contributed by atoms with Gasteiger partial charge in [0.15, 0.2) is 9.84 Å². The van der Waals surface area contributed by atoms with Crippen LogP contribution < -0.4 is 5.32 Å². The molecule has 1 aromatic rings. The molecule has 1 aliphatic heterocycles. The Hall–Kier alpha value is -0.850. The van der Waals surface area contributed by atoms with E-state index >= 15 is 0 Å². The Kier molecular flexibility index (Phi) is 3.05. The molecule has 1 aliphatic rings. The highest BCUT2D eigenvalue weighted by Gasteiger charge is 2.21. The topological polar surface area (TPSA) is 64.0 Å². The first-order chi connectivity index (χ1) is 7.48. The second-order valence-corrected chi connectivity index (χ2v) is 6.02. The summed E-state index contributed by atoms with van der Waals surface area (Å²) in [5.41, 5.74) is 0. The maximum Gasteiger partial charge on any atom is 0.173 e. The molecule has 7 heteroatoms. The molecule has 0 aliphatic carbocycles. The van der Waals surface area contributed by atoms with Gasteiger partial charge in [-0.25, -0.2) is 13.4 Å². The second-order valence-electron chi connectivity index (χ2n) is 3.70. The third-order valence-corrected chi connectivity index (χ3v) is 4.23.